The van der Waals surface area contributed by atoms with Crippen molar-refractivity contribution in [2.24, 2.45) is 0 Å². The maximum absolute atomic E-state index is 3.95. The first-order chi connectivity index (χ1) is 32.9. The van der Waals surface area contributed by atoms with Crippen molar-refractivity contribution in [3.05, 3.63) is 235 Å². The van der Waals surface area contributed by atoms with E-state index in [1.165, 1.54) is 71.4 Å². The topological polar surface area (TPSA) is 23.4 Å². The first-order valence-electron chi connectivity index (χ1n) is 23.4. The van der Waals surface area contributed by atoms with Crippen LogP contribution < -0.4 is 26.0 Å². The molecule has 0 saturated carbocycles. The Bertz CT molecular complexity index is 3630. The third-order valence-corrected chi connectivity index (χ3v) is 14.3. The molecule has 1 aromatic heterocycles. The van der Waals surface area contributed by atoms with Crippen molar-refractivity contribution < 1.29 is 0 Å². The molecule has 0 bridgehead atoms. The quantitative estimate of drug-likeness (QED) is 0.146. The van der Waals surface area contributed by atoms with E-state index in [0.29, 0.717) is 0 Å². The van der Waals surface area contributed by atoms with Crippen molar-refractivity contribution in [3.8, 4) is 16.8 Å². The lowest BCUT2D eigenvalue weighted by molar-refractivity contribution is 0.632. The number of fused-ring (bicyclic) bond motifs is 3. The molecule has 5 heteroatoms. The molecule has 13 rings (SSSR count). The van der Waals surface area contributed by atoms with Gasteiger partial charge in [0.15, 0.2) is 7.28 Å². The van der Waals surface area contributed by atoms with E-state index in [4.69, 9.17) is 0 Å². The van der Waals surface area contributed by atoms with E-state index in [1.54, 1.807) is 0 Å². The van der Waals surface area contributed by atoms with Gasteiger partial charge >= 0.3 is 0 Å². The summed E-state index contributed by atoms with van der Waals surface area (Å²) < 4.78 is 2.68. The Morgan fingerprint density at radius 1 is 0.478 bits per heavy atom. The molecule has 2 aliphatic heterocycles. The Kier molecular flexibility index (Phi) is 8.85. The van der Waals surface area contributed by atoms with Crippen molar-refractivity contribution in [3.63, 3.8) is 0 Å². The number of para-hydroxylation sites is 5. The molecule has 2 aliphatic rings. The second-order valence-corrected chi connectivity index (χ2v) is 18.7. The van der Waals surface area contributed by atoms with Gasteiger partial charge in [-0.05, 0) is 131 Å². The number of hydrogen-bond acceptors (Lipinski definition) is 3. The third kappa shape index (κ3) is 6.08. The van der Waals surface area contributed by atoms with E-state index in [9.17, 15) is 0 Å². The van der Waals surface area contributed by atoms with Crippen molar-refractivity contribution in [2.45, 2.75) is 26.2 Å². The summed E-state index contributed by atoms with van der Waals surface area (Å²) in [5.41, 5.74) is 21.4. The number of hydrogen-bond donors (Lipinski definition) is 1. The molecule has 0 radical (unpaired) electrons. The molecule has 1 N–H and O–H groups in total. The average molecular weight is 859 g/mol. The van der Waals surface area contributed by atoms with Crippen LogP contribution in [-0.2, 0) is 5.41 Å². The predicted molar refractivity (Wildman–Crippen MR) is 286 cm³/mol. The monoisotopic (exact) mass is 858 g/mol. The first kappa shape index (κ1) is 39.1. The Balaban J connectivity index is 1.21. The molecule has 318 valence electrons. The molecular weight excluding hydrogens is 812 g/mol. The zero-order valence-electron chi connectivity index (χ0n) is 37.8. The lowest BCUT2D eigenvalue weighted by Gasteiger charge is -2.38. The molecule has 0 unspecified atom stereocenters. The Labute approximate surface area is 392 Å². The summed E-state index contributed by atoms with van der Waals surface area (Å²) >= 11 is 0. The van der Waals surface area contributed by atoms with Crippen molar-refractivity contribution >= 4 is 96.3 Å². The summed E-state index contributed by atoms with van der Waals surface area (Å²) in [5.74, 6) is 0. The molecule has 11 aromatic rings. The molecule has 0 spiro atoms. The summed E-state index contributed by atoms with van der Waals surface area (Å²) in [6.07, 6.45) is 0. The summed E-state index contributed by atoms with van der Waals surface area (Å²) in [5, 5.41) is 9.07. The Morgan fingerprint density at radius 3 is 1.72 bits per heavy atom. The van der Waals surface area contributed by atoms with Gasteiger partial charge in [0.05, 0.1) is 16.7 Å². The van der Waals surface area contributed by atoms with Crippen LogP contribution in [0.5, 0.6) is 0 Å². The van der Waals surface area contributed by atoms with Crippen LogP contribution in [0.15, 0.2) is 218 Å². The minimum atomic E-state index is -0.227. The molecule has 0 aliphatic carbocycles. The van der Waals surface area contributed by atoms with E-state index in [-0.39, 0.29) is 5.41 Å². The standard InChI is InChI=1S/C62H47BN4/c1-40-31-33-42(34-32-40)64-54-36-35-47(65(43-20-8-4-9-21-43)44-22-10-5-11-23-44)38-49(54)50-39-55(66(45-24-12-6-13-25-45)46-26-14-7-15-27-46)57-56-48-28-17-16-19-41(48)37-52-60(56)67-59-51(62(52,2)3)29-18-30-53(59)63-58(50)61(57)67/h4-39,63-64H,1-3H3. The summed E-state index contributed by atoms with van der Waals surface area (Å²) in [7, 11) is 0.793. The number of anilines is 8. The highest BCUT2D eigenvalue weighted by atomic mass is 15.2. The number of nitrogens with one attached hydrogen (secondary N) is 1. The van der Waals surface area contributed by atoms with Crippen LogP contribution in [0.3, 0.4) is 0 Å². The maximum Gasteiger partial charge on any atom is 0.198 e. The van der Waals surface area contributed by atoms with Gasteiger partial charge in [-0.3, -0.25) is 0 Å². The van der Waals surface area contributed by atoms with Gasteiger partial charge in [0, 0.05) is 67.2 Å². The van der Waals surface area contributed by atoms with Crippen molar-refractivity contribution in [2.75, 3.05) is 15.1 Å². The Hall–Kier alpha value is -8.28. The minimum Gasteiger partial charge on any atom is -0.355 e. The lowest BCUT2D eigenvalue weighted by atomic mass is 9.57. The fourth-order valence-corrected chi connectivity index (χ4v) is 11.2. The molecule has 3 heterocycles. The highest BCUT2D eigenvalue weighted by Crippen LogP contribution is 2.54. The summed E-state index contributed by atoms with van der Waals surface area (Å²) in [6.45, 7) is 7.00. The Morgan fingerprint density at radius 2 is 1.07 bits per heavy atom. The van der Waals surface area contributed by atoms with Gasteiger partial charge in [0.1, 0.15) is 0 Å². The number of aryl methyl sites for hydroxylation is 1. The predicted octanol–water partition coefficient (Wildman–Crippen LogP) is 14.9. The number of benzene rings is 10. The van der Waals surface area contributed by atoms with Crippen LogP contribution in [0.2, 0.25) is 0 Å². The van der Waals surface area contributed by atoms with Crippen molar-refractivity contribution in [1.29, 1.82) is 0 Å². The average Bonchev–Trinajstić information content (AvgIpc) is 3.74. The maximum atomic E-state index is 3.95. The molecule has 0 amide bonds. The number of aromatic nitrogens is 1. The van der Waals surface area contributed by atoms with E-state index in [2.05, 4.69) is 259 Å². The van der Waals surface area contributed by atoms with Crippen LogP contribution in [0.1, 0.15) is 30.5 Å². The zero-order chi connectivity index (χ0) is 44.8. The van der Waals surface area contributed by atoms with E-state index in [0.717, 1.165) is 58.3 Å². The van der Waals surface area contributed by atoms with E-state index < -0.39 is 0 Å². The summed E-state index contributed by atoms with van der Waals surface area (Å²) in [6, 6.07) is 80.1. The molecule has 0 atom stereocenters. The fourth-order valence-electron chi connectivity index (χ4n) is 11.2. The molecule has 67 heavy (non-hydrogen) atoms. The summed E-state index contributed by atoms with van der Waals surface area (Å²) in [4.78, 5) is 4.87. The van der Waals surface area contributed by atoms with Gasteiger partial charge in [0.25, 0.3) is 0 Å². The zero-order valence-corrected chi connectivity index (χ0v) is 37.8. The molecule has 4 nitrogen and oxygen atoms in total. The second kappa shape index (κ2) is 15.2. The van der Waals surface area contributed by atoms with Crippen LogP contribution in [0, 0.1) is 6.92 Å². The van der Waals surface area contributed by atoms with Crippen LogP contribution in [-0.4, -0.2) is 11.8 Å². The van der Waals surface area contributed by atoms with Gasteiger partial charge in [-0.1, -0.05) is 152 Å². The van der Waals surface area contributed by atoms with E-state index in [1.807, 2.05) is 0 Å². The normalized spacial score (nSPS) is 12.9. The molecule has 10 aromatic carbocycles. The lowest BCUT2D eigenvalue weighted by Crippen LogP contribution is -2.41. The second-order valence-electron chi connectivity index (χ2n) is 18.7. The number of rotatable bonds is 9. The minimum absolute atomic E-state index is 0.227. The van der Waals surface area contributed by atoms with Gasteiger partial charge in [-0.25, -0.2) is 0 Å². The third-order valence-electron chi connectivity index (χ3n) is 14.3. The number of nitrogens with zero attached hydrogens (tertiary/aromatic N) is 3. The van der Waals surface area contributed by atoms with Crippen LogP contribution in [0.25, 0.3) is 49.4 Å². The first-order valence-corrected chi connectivity index (χ1v) is 23.4. The van der Waals surface area contributed by atoms with Gasteiger partial charge in [0.2, 0.25) is 0 Å². The van der Waals surface area contributed by atoms with Gasteiger partial charge in [-0.15, -0.1) is 0 Å². The van der Waals surface area contributed by atoms with Crippen molar-refractivity contribution in [1.82, 2.24) is 4.57 Å². The van der Waals surface area contributed by atoms with Crippen LogP contribution in [0.4, 0.5) is 45.5 Å². The van der Waals surface area contributed by atoms with E-state index >= 15 is 0 Å². The SMILES string of the molecule is Cc1ccc(Nc2ccc(N(c3ccccc3)c3ccccc3)cc2-c2cc(N(c3ccccc3)c3ccccc3)c3c4c5ccccc5cc5c4n4c3c2Bc2cccc(c2-4)C5(C)C)cc1. The molecular formula is C62H47BN4. The fraction of sp³-hybridized carbons (Fsp3) is 0.0645. The highest BCUT2D eigenvalue weighted by molar-refractivity contribution is 6.74. The largest absolute Gasteiger partial charge is 0.355 e. The van der Waals surface area contributed by atoms with Gasteiger partial charge in [-0.2, -0.15) is 0 Å². The molecule has 0 fully saturated rings. The highest BCUT2D eigenvalue weighted by Gasteiger charge is 2.41. The molecule has 0 saturated heterocycles. The van der Waals surface area contributed by atoms with Gasteiger partial charge < -0.3 is 19.7 Å². The van der Waals surface area contributed by atoms with Crippen LogP contribution >= 0.6 is 0 Å². The smallest absolute Gasteiger partial charge is 0.198 e.